The van der Waals surface area contributed by atoms with Crippen molar-refractivity contribution in [3.05, 3.63) is 0 Å². The lowest BCUT2D eigenvalue weighted by molar-refractivity contribution is -0.142. The highest BCUT2D eigenvalue weighted by molar-refractivity contribution is 7.37. The van der Waals surface area contributed by atoms with Crippen molar-refractivity contribution in [2.75, 3.05) is 13.3 Å². The molecule has 0 amide bonds. The molecule has 0 saturated carbocycles. The fourth-order valence-electron chi connectivity index (χ4n) is 1.41. The summed E-state index contributed by atoms with van der Waals surface area (Å²) in [6, 6.07) is 0.580. The van der Waals surface area contributed by atoms with Crippen LogP contribution in [0.1, 0.15) is 40.5 Å². The molecule has 0 aromatic heterocycles. The first-order valence-electron chi connectivity index (χ1n) is 6.51. The summed E-state index contributed by atoms with van der Waals surface area (Å²) >= 11 is 0. The molecule has 0 fully saturated rings. The Labute approximate surface area is 117 Å². The predicted octanol–water partition coefficient (Wildman–Crippen LogP) is 1.13. The lowest BCUT2D eigenvalue weighted by atomic mass is 10.2. The number of carbonyl (C=O) groups is 1. The van der Waals surface area contributed by atoms with E-state index >= 15 is 0 Å². The molecule has 7 heteroatoms. The van der Waals surface area contributed by atoms with E-state index in [2.05, 4.69) is 37.7 Å². The quantitative estimate of drug-likeness (QED) is 0.481. The zero-order valence-electron chi connectivity index (χ0n) is 12.6. The molecule has 4 N–H and O–H groups in total. The van der Waals surface area contributed by atoms with E-state index in [0.717, 1.165) is 0 Å². The van der Waals surface area contributed by atoms with Crippen molar-refractivity contribution in [3.63, 3.8) is 0 Å². The van der Waals surface area contributed by atoms with Crippen LogP contribution in [0, 0.1) is 0 Å². The Bertz CT molecular complexity index is 254. The standard InChI is InChI=1S/C6H14NO4P.C6H15N/c1-11-6(8)5(7)3-2-4-12(9)10;1-5(2)7-6(3)4/h5,12H,2-4,7H2,1H3,(H,9,10);5-7H,1-4H3. The van der Waals surface area contributed by atoms with Gasteiger partial charge in [0.15, 0.2) is 8.03 Å². The van der Waals surface area contributed by atoms with E-state index in [0.29, 0.717) is 24.9 Å². The van der Waals surface area contributed by atoms with Crippen LogP contribution in [0.2, 0.25) is 0 Å². The number of hydrogen-bond acceptors (Lipinski definition) is 5. The van der Waals surface area contributed by atoms with Gasteiger partial charge >= 0.3 is 5.97 Å². The van der Waals surface area contributed by atoms with Crippen molar-refractivity contribution in [3.8, 4) is 0 Å². The Morgan fingerprint density at radius 3 is 2.05 bits per heavy atom. The van der Waals surface area contributed by atoms with E-state index in [-0.39, 0.29) is 6.16 Å². The molecule has 0 rings (SSSR count). The van der Waals surface area contributed by atoms with Crippen LogP contribution in [-0.2, 0) is 14.1 Å². The van der Waals surface area contributed by atoms with Crippen LogP contribution in [0.3, 0.4) is 0 Å². The van der Waals surface area contributed by atoms with Crippen molar-refractivity contribution in [1.29, 1.82) is 0 Å². The molecule has 2 unspecified atom stereocenters. The maximum absolute atomic E-state index is 10.7. The molecule has 0 heterocycles. The van der Waals surface area contributed by atoms with E-state index in [4.69, 9.17) is 10.6 Å². The van der Waals surface area contributed by atoms with Gasteiger partial charge in [-0.1, -0.05) is 27.7 Å². The molecule has 2 atom stereocenters. The second-order valence-electron chi connectivity index (χ2n) is 4.89. The molecule has 0 aromatic carbocycles. The fraction of sp³-hybridized carbons (Fsp3) is 0.917. The molecule has 0 bridgehead atoms. The van der Waals surface area contributed by atoms with Gasteiger partial charge in [-0.25, -0.2) is 0 Å². The number of ether oxygens (including phenoxy) is 1. The van der Waals surface area contributed by atoms with Gasteiger partial charge in [0, 0.05) is 18.2 Å². The number of rotatable bonds is 7. The largest absolute Gasteiger partial charge is 0.468 e. The summed E-state index contributed by atoms with van der Waals surface area (Å²) in [4.78, 5) is 19.2. The average molecular weight is 296 g/mol. The van der Waals surface area contributed by atoms with E-state index < -0.39 is 20.0 Å². The summed E-state index contributed by atoms with van der Waals surface area (Å²) in [5.41, 5.74) is 5.37. The Balaban J connectivity index is 0. The van der Waals surface area contributed by atoms with Gasteiger partial charge in [-0.15, -0.1) is 0 Å². The Hall–Kier alpha value is -0.420. The highest BCUT2D eigenvalue weighted by Crippen LogP contribution is 2.15. The smallest absolute Gasteiger partial charge is 0.322 e. The first-order valence-corrected chi connectivity index (χ1v) is 8.08. The maximum Gasteiger partial charge on any atom is 0.322 e. The molecule has 0 aliphatic carbocycles. The molecular weight excluding hydrogens is 267 g/mol. The first-order chi connectivity index (χ1) is 8.70. The monoisotopic (exact) mass is 296 g/mol. The second kappa shape index (κ2) is 12.6. The molecule has 0 aliphatic rings. The van der Waals surface area contributed by atoms with Crippen molar-refractivity contribution in [2.45, 2.75) is 58.7 Å². The third kappa shape index (κ3) is 17.6. The van der Waals surface area contributed by atoms with Crippen molar-refractivity contribution in [1.82, 2.24) is 5.32 Å². The van der Waals surface area contributed by atoms with E-state index in [1.54, 1.807) is 0 Å². The van der Waals surface area contributed by atoms with E-state index in [1.165, 1.54) is 7.11 Å². The maximum atomic E-state index is 10.7. The topological polar surface area (TPSA) is 102 Å². The van der Waals surface area contributed by atoms with Crippen LogP contribution in [0.15, 0.2) is 0 Å². The molecular formula is C12H29N2O4P. The number of hydrogen-bond donors (Lipinski definition) is 3. The van der Waals surface area contributed by atoms with Gasteiger partial charge in [0.2, 0.25) is 0 Å². The van der Waals surface area contributed by atoms with Gasteiger partial charge in [-0.05, 0) is 12.8 Å². The van der Waals surface area contributed by atoms with E-state index in [1.807, 2.05) is 0 Å². The van der Waals surface area contributed by atoms with Gasteiger partial charge in [-0.2, -0.15) is 0 Å². The summed E-state index contributed by atoms with van der Waals surface area (Å²) in [5.74, 6) is -0.479. The SMILES string of the molecule is CC(C)NC(C)C.COC(=O)C(N)CCC[PH](=O)O. The van der Waals surface area contributed by atoms with Gasteiger partial charge in [0.05, 0.1) is 7.11 Å². The Morgan fingerprint density at radius 2 is 1.79 bits per heavy atom. The Morgan fingerprint density at radius 1 is 1.32 bits per heavy atom. The van der Waals surface area contributed by atoms with Gasteiger partial charge in [0.25, 0.3) is 0 Å². The minimum Gasteiger partial charge on any atom is -0.468 e. The number of nitrogens with one attached hydrogen (secondary N) is 1. The van der Waals surface area contributed by atoms with Gasteiger partial charge in [0.1, 0.15) is 6.04 Å². The van der Waals surface area contributed by atoms with Gasteiger partial charge in [-0.3, -0.25) is 9.36 Å². The molecule has 6 nitrogen and oxygen atoms in total. The lowest BCUT2D eigenvalue weighted by Crippen LogP contribution is -2.31. The predicted molar refractivity (Wildman–Crippen MR) is 78.7 cm³/mol. The summed E-state index contributed by atoms with van der Waals surface area (Å²) in [6.45, 7) is 8.61. The summed E-state index contributed by atoms with van der Waals surface area (Å²) in [6.07, 6.45) is 1.09. The molecule has 0 radical (unpaired) electrons. The zero-order chi connectivity index (χ0) is 15.4. The van der Waals surface area contributed by atoms with Gasteiger partial charge < -0.3 is 20.7 Å². The summed E-state index contributed by atoms with van der Waals surface area (Å²) in [7, 11) is -1.16. The van der Waals surface area contributed by atoms with Crippen LogP contribution < -0.4 is 11.1 Å². The molecule has 0 saturated heterocycles. The Kier molecular flexibility index (Phi) is 13.9. The zero-order valence-corrected chi connectivity index (χ0v) is 13.6. The molecule has 0 spiro atoms. The van der Waals surface area contributed by atoms with E-state index in [9.17, 15) is 9.36 Å². The molecule has 116 valence electrons. The van der Waals surface area contributed by atoms with Crippen LogP contribution >= 0.6 is 8.03 Å². The molecule has 0 aliphatic heterocycles. The van der Waals surface area contributed by atoms with Crippen LogP contribution in [0.25, 0.3) is 0 Å². The van der Waals surface area contributed by atoms with Crippen molar-refractivity contribution < 1.29 is 19.0 Å². The van der Waals surface area contributed by atoms with Crippen LogP contribution in [-0.4, -0.2) is 42.3 Å². The number of esters is 1. The first kappa shape index (κ1) is 20.9. The fourth-order valence-corrected chi connectivity index (χ4v) is 1.92. The minimum absolute atomic E-state index is 0.218. The number of carbonyl (C=O) groups excluding carboxylic acids is 1. The highest BCUT2D eigenvalue weighted by atomic mass is 31.1. The normalized spacial score (nSPS) is 13.7. The highest BCUT2D eigenvalue weighted by Gasteiger charge is 2.12. The van der Waals surface area contributed by atoms with Crippen LogP contribution in [0.4, 0.5) is 0 Å². The average Bonchev–Trinajstić information content (AvgIpc) is 2.26. The van der Waals surface area contributed by atoms with Crippen LogP contribution in [0.5, 0.6) is 0 Å². The summed E-state index contributed by atoms with van der Waals surface area (Å²) < 4.78 is 14.6. The summed E-state index contributed by atoms with van der Waals surface area (Å²) in [5, 5.41) is 3.31. The van der Waals surface area contributed by atoms with Crippen molar-refractivity contribution >= 4 is 14.0 Å². The third-order valence-electron chi connectivity index (χ3n) is 2.08. The number of nitrogens with two attached hydrogens (primary N) is 1. The molecule has 19 heavy (non-hydrogen) atoms. The molecule has 0 aromatic rings. The minimum atomic E-state index is -2.42. The number of methoxy groups -OCH3 is 1. The van der Waals surface area contributed by atoms with Crippen molar-refractivity contribution in [2.24, 2.45) is 5.73 Å². The second-order valence-corrected chi connectivity index (χ2v) is 6.18. The third-order valence-corrected chi connectivity index (χ3v) is 2.86. The lowest BCUT2D eigenvalue weighted by Gasteiger charge is -2.10.